The van der Waals surface area contributed by atoms with Crippen molar-refractivity contribution in [1.82, 2.24) is 24.8 Å². The molecule has 2 N–H and O–H groups in total. The second-order valence-electron chi connectivity index (χ2n) is 15.7. The maximum atomic E-state index is 16.5. The van der Waals surface area contributed by atoms with E-state index in [1.54, 1.807) is 54.5 Å². The van der Waals surface area contributed by atoms with Gasteiger partial charge in [0, 0.05) is 49.1 Å². The van der Waals surface area contributed by atoms with Crippen LogP contribution in [0.3, 0.4) is 0 Å². The quantitative estimate of drug-likeness (QED) is 0.109. The first-order chi connectivity index (χ1) is 28.3. The SMILES string of the molecule is CCCOC(=O)[C@H](C)NP(=O)(Oc1ccccc1)C(F)c1ccc2sc(C(=O)N[C@H]3CCCC[C@H]4CC[C@@H](C(=O)N5CCC(c6ccn(C)c(=O)c6)C5)N4C3=O)cc2c1. The minimum Gasteiger partial charge on any atom is -0.465 e. The number of halogens is 1. The van der Waals surface area contributed by atoms with Gasteiger partial charge in [-0.2, -0.15) is 0 Å². The first kappa shape index (κ1) is 42.3. The largest absolute Gasteiger partial charge is 0.465 e. The predicted octanol–water partition coefficient (Wildman–Crippen LogP) is 6.82. The number of aromatic nitrogens is 1. The van der Waals surface area contributed by atoms with Crippen LogP contribution < -0.4 is 20.5 Å². The van der Waals surface area contributed by atoms with E-state index >= 15 is 4.39 Å². The molecule has 59 heavy (non-hydrogen) atoms. The number of amides is 3. The number of ether oxygens (including phenoxy) is 1. The van der Waals surface area contributed by atoms with Crippen molar-refractivity contribution in [2.45, 2.75) is 101 Å². The van der Waals surface area contributed by atoms with E-state index in [1.165, 1.54) is 47.1 Å². The smallest absolute Gasteiger partial charge is 0.355 e. The standard InChI is InChI=1S/C43H51FN5O8PS/c1-4-22-56-43(54)27(2)46-58(55,57-33-11-6-5-7-12-33)39(44)29-14-17-36-31(23-29)24-37(59-36)40(51)45-34-13-9-8-10-32-15-16-35(49(32)41(34)52)42(53)48-21-19-30(26-48)28-18-20-47(3)38(50)25-28/h5-7,11-12,14,17-18,20,23-25,27,30,32,34-35,39H,4,8-10,13,15-16,19,21-22,26H2,1-3H3,(H,45,51)(H,46,55)/t27-,30?,32-,34-,35-,39?,58?/m0/s1. The maximum absolute atomic E-state index is 16.5. The van der Waals surface area contributed by atoms with Gasteiger partial charge in [0.05, 0.1) is 11.5 Å². The monoisotopic (exact) mass is 847 g/mol. The highest BCUT2D eigenvalue weighted by molar-refractivity contribution is 7.57. The zero-order valence-electron chi connectivity index (χ0n) is 33.5. The molecule has 4 aromatic rings. The summed E-state index contributed by atoms with van der Waals surface area (Å²) in [6.07, 6.45) is 7.15. The first-order valence-electron chi connectivity index (χ1n) is 20.4. The van der Waals surface area contributed by atoms with Gasteiger partial charge in [-0.3, -0.25) is 28.5 Å². The Balaban J connectivity index is 1.05. The number of benzene rings is 2. The molecule has 3 aliphatic rings. The molecule has 16 heteroatoms. The van der Waals surface area contributed by atoms with Gasteiger partial charge in [0.1, 0.15) is 23.9 Å². The number of alkyl halides is 1. The summed E-state index contributed by atoms with van der Waals surface area (Å²) >= 11 is 1.18. The average molecular weight is 848 g/mol. The summed E-state index contributed by atoms with van der Waals surface area (Å²) in [6.45, 7) is 4.45. The van der Waals surface area contributed by atoms with E-state index in [1.807, 2.05) is 17.9 Å². The summed E-state index contributed by atoms with van der Waals surface area (Å²) in [7, 11) is -2.75. The van der Waals surface area contributed by atoms with Crippen molar-refractivity contribution in [3.05, 3.63) is 99.3 Å². The Kier molecular flexibility index (Phi) is 13.0. The Morgan fingerprint density at radius 3 is 2.53 bits per heavy atom. The molecule has 3 aliphatic heterocycles. The lowest BCUT2D eigenvalue weighted by molar-refractivity contribution is -0.146. The van der Waals surface area contributed by atoms with Crippen LogP contribution in [0.2, 0.25) is 0 Å². The summed E-state index contributed by atoms with van der Waals surface area (Å²) in [4.78, 5) is 70.9. The average Bonchev–Trinajstić information content (AvgIpc) is 4.00. The van der Waals surface area contributed by atoms with Crippen molar-refractivity contribution in [2.24, 2.45) is 7.05 Å². The number of aryl methyl sites for hydroxylation is 1. The second kappa shape index (κ2) is 18.2. The molecule has 0 bridgehead atoms. The Labute approximate surface area is 346 Å². The molecule has 7 rings (SSSR count). The topological polar surface area (TPSA) is 156 Å². The van der Waals surface area contributed by atoms with Gasteiger partial charge >= 0.3 is 13.5 Å². The number of rotatable bonds is 13. The maximum Gasteiger partial charge on any atom is 0.355 e. The van der Waals surface area contributed by atoms with Gasteiger partial charge in [-0.1, -0.05) is 44.0 Å². The van der Waals surface area contributed by atoms with Crippen molar-refractivity contribution in [2.75, 3.05) is 19.7 Å². The van der Waals surface area contributed by atoms with Crippen LogP contribution in [0.15, 0.2) is 77.7 Å². The van der Waals surface area contributed by atoms with Crippen LogP contribution in [0.5, 0.6) is 5.75 Å². The summed E-state index contributed by atoms with van der Waals surface area (Å²) in [6, 6.07) is 15.2. The number of fused-ring (bicyclic) bond motifs is 2. The molecule has 0 saturated carbocycles. The van der Waals surface area contributed by atoms with E-state index in [-0.39, 0.29) is 47.3 Å². The molecule has 13 nitrogen and oxygen atoms in total. The summed E-state index contributed by atoms with van der Waals surface area (Å²) in [5.41, 5.74) is 0.832. The van der Waals surface area contributed by atoms with E-state index in [0.29, 0.717) is 53.7 Å². The van der Waals surface area contributed by atoms with Crippen molar-refractivity contribution in [3.8, 4) is 5.75 Å². The van der Waals surface area contributed by atoms with E-state index < -0.39 is 43.4 Å². The number of carbonyl (C=O) groups is 4. The minimum absolute atomic E-state index is 0.0199. The summed E-state index contributed by atoms with van der Waals surface area (Å²) in [5, 5.41) is 6.07. The molecule has 3 unspecified atom stereocenters. The van der Waals surface area contributed by atoms with Gasteiger partial charge in [0.25, 0.3) is 11.5 Å². The van der Waals surface area contributed by atoms with Crippen LogP contribution in [0.25, 0.3) is 10.1 Å². The number of pyridine rings is 1. The van der Waals surface area contributed by atoms with Crippen molar-refractivity contribution in [1.29, 1.82) is 0 Å². The van der Waals surface area contributed by atoms with Crippen molar-refractivity contribution < 1.29 is 37.4 Å². The van der Waals surface area contributed by atoms with Gasteiger partial charge in [0.2, 0.25) is 17.7 Å². The number of nitrogens with zero attached hydrogens (tertiary/aromatic N) is 3. The lowest BCUT2D eigenvalue weighted by Crippen LogP contribution is -2.56. The highest BCUT2D eigenvalue weighted by Crippen LogP contribution is 2.58. The highest BCUT2D eigenvalue weighted by atomic mass is 32.1. The van der Waals surface area contributed by atoms with Crippen LogP contribution in [0, 0.1) is 0 Å². The molecule has 0 spiro atoms. The summed E-state index contributed by atoms with van der Waals surface area (Å²) < 4.78 is 43.9. The molecule has 3 amide bonds. The number of likely N-dealkylation sites (tertiary alicyclic amines) is 1. The molecular formula is C43H51FN5O8PS. The van der Waals surface area contributed by atoms with Gasteiger partial charge in [-0.05, 0) is 98.4 Å². The van der Waals surface area contributed by atoms with Gasteiger partial charge < -0.3 is 28.9 Å². The lowest BCUT2D eigenvalue weighted by atomic mass is 9.98. The van der Waals surface area contributed by atoms with Crippen LogP contribution in [0.1, 0.15) is 97.8 Å². The van der Waals surface area contributed by atoms with Gasteiger partial charge in [-0.25, -0.2) is 9.48 Å². The fourth-order valence-electron chi connectivity index (χ4n) is 8.34. The zero-order chi connectivity index (χ0) is 41.8. The van der Waals surface area contributed by atoms with Crippen LogP contribution in [-0.2, 0) is 30.7 Å². The first-order valence-corrected chi connectivity index (χ1v) is 22.9. The van der Waals surface area contributed by atoms with E-state index in [4.69, 9.17) is 9.26 Å². The van der Waals surface area contributed by atoms with Crippen LogP contribution in [-0.4, -0.2) is 81.9 Å². The van der Waals surface area contributed by atoms with Gasteiger partial charge in [-0.15, -0.1) is 11.3 Å². The van der Waals surface area contributed by atoms with E-state index in [0.717, 1.165) is 31.2 Å². The molecule has 2 aromatic heterocycles. The third kappa shape index (κ3) is 9.32. The lowest BCUT2D eigenvalue weighted by Gasteiger charge is -2.36. The fraction of sp³-hybridized carbons (Fsp3) is 0.465. The zero-order valence-corrected chi connectivity index (χ0v) is 35.2. The number of hydrogen-bond acceptors (Lipinski definition) is 9. The molecule has 3 fully saturated rings. The Morgan fingerprint density at radius 2 is 1.76 bits per heavy atom. The van der Waals surface area contributed by atoms with Gasteiger partial charge in [0.15, 0.2) is 0 Å². The van der Waals surface area contributed by atoms with Crippen LogP contribution in [0.4, 0.5) is 4.39 Å². The molecular weight excluding hydrogens is 797 g/mol. The molecule has 0 aliphatic carbocycles. The number of nitrogens with one attached hydrogen (secondary N) is 2. The highest BCUT2D eigenvalue weighted by Gasteiger charge is 2.46. The minimum atomic E-state index is -4.45. The normalized spacial score (nSPS) is 22.8. The van der Waals surface area contributed by atoms with E-state index in [2.05, 4.69) is 10.4 Å². The molecule has 5 heterocycles. The number of thiophene rings is 1. The number of carbonyl (C=O) groups excluding carboxylic acids is 4. The predicted molar refractivity (Wildman–Crippen MR) is 223 cm³/mol. The second-order valence-corrected chi connectivity index (χ2v) is 18.9. The molecule has 0 radical (unpaired) electrons. The van der Waals surface area contributed by atoms with Crippen LogP contribution >= 0.6 is 18.9 Å². The molecule has 314 valence electrons. The number of esters is 1. The third-order valence-electron chi connectivity index (χ3n) is 11.5. The van der Waals surface area contributed by atoms with Crippen molar-refractivity contribution >= 4 is 52.6 Å². The number of para-hydroxylation sites is 1. The molecule has 2 aromatic carbocycles. The van der Waals surface area contributed by atoms with E-state index in [9.17, 15) is 28.5 Å². The summed E-state index contributed by atoms with van der Waals surface area (Å²) in [5.74, 6) is -3.51. The Hall–Kier alpha value is -4.85. The Morgan fingerprint density at radius 1 is 0.983 bits per heavy atom. The molecule has 3 saturated heterocycles. The number of hydrogen-bond donors (Lipinski definition) is 2. The van der Waals surface area contributed by atoms with Crippen molar-refractivity contribution in [3.63, 3.8) is 0 Å². The Bertz CT molecular complexity index is 2300. The molecule has 7 atom stereocenters. The third-order valence-corrected chi connectivity index (χ3v) is 14.8. The fourth-order valence-corrected chi connectivity index (χ4v) is 11.2.